The average molecular weight is 384 g/mol. The third-order valence-electron chi connectivity index (χ3n) is 4.72. The van der Waals surface area contributed by atoms with Crippen molar-refractivity contribution >= 4 is 21.7 Å². The summed E-state index contributed by atoms with van der Waals surface area (Å²) < 4.78 is 36.3. The molecule has 1 aliphatic heterocycles. The fourth-order valence-electron chi connectivity index (χ4n) is 3.05. The van der Waals surface area contributed by atoms with Crippen molar-refractivity contribution in [1.82, 2.24) is 10.2 Å². The van der Waals surface area contributed by atoms with Gasteiger partial charge in [-0.1, -0.05) is 12.1 Å². The minimum Gasteiger partial charge on any atom is -0.351 e. The molecule has 2 amide bonds. The van der Waals surface area contributed by atoms with Crippen molar-refractivity contribution in [3.63, 3.8) is 0 Å². The molecule has 6 nitrogen and oxygen atoms in total. The Labute approximate surface area is 153 Å². The molecule has 1 unspecified atom stereocenters. The van der Waals surface area contributed by atoms with E-state index < -0.39 is 27.1 Å². The molecule has 1 aromatic carbocycles. The molecular weight excluding hydrogens is 359 g/mol. The van der Waals surface area contributed by atoms with E-state index in [0.717, 1.165) is 5.56 Å². The first-order valence-corrected chi connectivity index (χ1v) is 10.4. The van der Waals surface area contributed by atoms with Gasteiger partial charge in [0.25, 0.3) is 0 Å². The van der Waals surface area contributed by atoms with Gasteiger partial charge >= 0.3 is 0 Å². The van der Waals surface area contributed by atoms with Crippen LogP contribution < -0.4 is 5.32 Å². The van der Waals surface area contributed by atoms with Gasteiger partial charge in [-0.2, -0.15) is 0 Å². The normalized spacial score (nSPS) is 19.2. The van der Waals surface area contributed by atoms with Crippen LogP contribution in [0.3, 0.4) is 0 Å². The van der Waals surface area contributed by atoms with Crippen LogP contribution in [0.5, 0.6) is 0 Å². The second kappa shape index (κ2) is 7.73. The number of nitrogens with one attached hydrogen (secondary N) is 1. The summed E-state index contributed by atoms with van der Waals surface area (Å²) in [6.07, 6.45) is 0.398. The number of nitrogens with zero attached hydrogens (tertiary/aromatic N) is 1. The zero-order valence-electron chi connectivity index (χ0n) is 15.3. The second-order valence-electron chi connectivity index (χ2n) is 7.08. The Morgan fingerprint density at radius 2 is 1.88 bits per heavy atom. The van der Waals surface area contributed by atoms with E-state index in [1.165, 1.54) is 30.9 Å². The van der Waals surface area contributed by atoms with Crippen LogP contribution in [0.25, 0.3) is 0 Å². The van der Waals surface area contributed by atoms with Crippen LogP contribution in [-0.4, -0.2) is 49.2 Å². The summed E-state index contributed by atoms with van der Waals surface area (Å²) in [4.78, 5) is 27.0. The van der Waals surface area contributed by atoms with E-state index in [2.05, 4.69) is 5.32 Å². The van der Waals surface area contributed by atoms with Crippen molar-refractivity contribution in [1.29, 1.82) is 0 Å². The average Bonchev–Trinajstić information content (AvgIpc) is 2.94. The van der Waals surface area contributed by atoms with Crippen LogP contribution in [0.4, 0.5) is 4.39 Å². The monoisotopic (exact) mass is 384 g/mol. The van der Waals surface area contributed by atoms with Crippen molar-refractivity contribution in [2.24, 2.45) is 5.41 Å². The largest absolute Gasteiger partial charge is 0.351 e. The predicted octanol–water partition coefficient (Wildman–Crippen LogP) is 1.50. The van der Waals surface area contributed by atoms with E-state index in [-0.39, 0.29) is 29.9 Å². The molecule has 0 aromatic heterocycles. The number of benzene rings is 1. The van der Waals surface area contributed by atoms with Gasteiger partial charge in [-0.25, -0.2) is 12.8 Å². The molecule has 0 spiro atoms. The predicted molar refractivity (Wildman–Crippen MR) is 96.5 cm³/mol. The number of halogens is 1. The third kappa shape index (κ3) is 4.60. The van der Waals surface area contributed by atoms with E-state index in [1.807, 2.05) is 0 Å². The summed E-state index contributed by atoms with van der Waals surface area (Å²) in [5.74, 6) is -1.19. The number of rotatable bonds is 6. The van der Waals surface area contributed by atoms with E-state index in [4.69, 9.17) is 0 Å². The van der Waals surface area contributed by atoms with Crippen molar-refractivity contribution < 1.29 is 22.4 Å². The summed E-state index contributed by atoms with van der Waals surface area (Å²) >= 11 is 0. The van der Waals surface area contributed by atoms with Gasteiger partial charge in [0.15, 0.2) is 9.84 Å². The van der Waals surface area contributed by atoms with Gasteiger partial charge in [0.05, 0.1) is 11.5 Å². The van der Waals surface area contributed by atoms with Crippen molar-refractivity contribution in [3.05, 3.63) is 35.6 Å². The quantitative estimate of drug-likeness (QED) is 0.754. The maximum absolute atomic E-state index is 12.9. The van der Waals surface area contributed by atoms with E-state index in [9.17, 15) is 22.4 Å². The molecule has 26 heavy (non-hydrogen) atoms. The molecule has 0 saturated carbocycles. The molecule has 144 valence electrons. The standard InChI is InChI=1S/C18H25FN2O4S/c1-4-21(15-9-10-26(24,25)12-15)17(23)18(2,3)16(22)20-11-13-5-7-14(19)8-6-13/h5-8,15H,4,9-12H2,1-3H3,(H,20,22). The zero-order chi connectivity index (χ0) is 19.5. The topological polar surface area (TPSA) is 83.6 Å². The lowest BCUT2D eigenvalue weighted by molar-refractivity contribution is -0.149. The van der Waals surface area contributed by atoms with Gasteiger partial charge < -0.3 is 10.2 Å². The Bertz CT molecular complexity index is 775. The number of sulfone groups is 1. The van der Waals surface area contributed by atoms with Crippen LogP contribution in [0.1, 0.15) is 32.8 Å². The minimum atomic E-state index is -3.12. The van der Waals surface area contributed by atoms with Gasteiger partial charge in [-0.05, 0) is 44.9 Å². The van der Waals surface area contributed by atoms with E-state index >= 15 is 0 Å². The lowest BCUT2D eigenvalue weighted by atomic mass is 9.89. The van der Waals surface area contributed by atoms with Gasteiger partial charge in [0, 0.05) is 19.1 Å². The first kappa shape index (κ1) is 20.4. The Hall–Kier alpha value is -1.96. The summed E-state index contributed by atoms with van der Waals surface area (Å²) in [5, 5.41) is 2.70. The highest BCUT2D eigenvalue weighted by atomic mass is 32.2. The highest BCUT2D eigenvalue weighted by Crippen LogP contribution is 2.25. The van der Waals surface area contributed by atoms with Crippen LogP contribution in [-0.2, 0) is 26.0 Å². The van der Waals surface area contributed by atoms with E-state index in [1.54, 1.807) is 19.1 Å². The molecule has 1 aromatic rings. The first-order chi connectivity index (χ1) is 12.1. The Morgan fingerprint density at radius 1 is 1.27 bits per heavy atom. The summed E-state index contributed by atoms with van der Waals surface area (Å²) in [6.45, 7) is 5.35. The molecule has 1 fully saturated rings. The van der Waals surface area contributed by atoms with Crippen LogP contribution in [0.2, 0.25) is 0 Å². The van der Waals surface area contributed by atoms with Crippen molar-refractivity contribution in [3.8, 4) is 0 Å². The van der Waals surface area contributed by atoms with Crippen molar-refractivity contribution in [2.75, 3.05) is 18.1 Å². The highest BCUT2D eigenvalue weighted by molar-refractivity contribution is 7.91. The number of carbonyl (C=O) groups excluding carboxylic acids is 2. The zero-order valence-corrected chi connectivity index (χ0v) is 16.1. The number of carbonyl (C=O) groups is 2. The maximum Gasteiger partial charge on any atom is 0.237 e. The molecule has 0 aliphatic carbocycles. The smallest absolute Gasteiger partial charge is 0.237 e. The SMILES string of the molecule is CCN(C(=O)C(C)(C)C(=O)NCc1ccc(F)cc1)C1CCS(=O)(=O)C1. The van der Waals surface area contributed by atoms with Crippen LogP contribution >= 0.6 is 0 Å². The second-order valence-corrected chi connectivity index (χ2v) is 9.31. The lowest BCUT2D eigenvalue weighted by Crippen LogP contribution is -2.52. The molecule has 8 heteroatoms. The van der Waals surface area contributed by atoms with E-state index in [0.29, 0.717) is 13.0 Å². The molecule has 0 bridgehead atoms. The fraction of sp³-hybridized carbons (Fsp3) is 0.556. The van der Waals surface area contributed by atoms with Crippen LogP contribution in [0.15, 0.2) is 24.3 Å². The summed E-state index contributed by atoms with van der Waals surface area (Å²) in [6, 6.07) is 5.34. The first-order valence-electron chi connectivity index (χ1n) is 8.61. The highest BCUT2D eigenvalue weighted by Gasteiger charge is 2.43. The molecule has 1 atom stereocenters. The summed E-state index contributed by atoms with van der Waals surface area (Å²) in [5.41, 5.74) is -0.611. The Kier molecular flexibility index (Phi) is 6.05. The number of hydrogen-bond acceptors (Lipinski definition) is 4. The van der Waals surface area contributed by atoms with Gasteiger partial charge in [0.1, 0.15) is 11.2 Å². The van der Waals surface area contributed by atoms with Gasteiger partial charge in [-0.3, -0.25) is 9.59 Å². The minimum absolute atomic E-state index is 0.0557. The number of amides is 2. The molecule has 1 N–H and O–H groups in total. The lowest BCUT2D eigenvalue weighted by Gasteiger charge is -2.34. The maximum atomic E-state index is 12.9. The fourth-order valence-corrected chi connectivity index (χ4v) is 4.78. The number of hydrogen-bond donors (Lipinski definition) is 1. The molecule has 0 radical (unpaired) electrons. The van der Waals surface area contributed by atoms with Gasteiger partial charge in [0.2, 0.25) is 11.8 Å². The summed E-state index contributed by atoms with van der Waals surface area (Å²) in [7, 11) is -3.12. The Balaban J connectivity index is 2.04. The Morgan fingerprint density at radius 3 is 2.38 bits per heavy atom. The van der Waals surface area contributed by atoms with Crippen molar-refractivity contribution in [2.45, 2.75) is 39.8 Å². The molecule has 1 aliphatic rings. The van der Waals surface area contributed by atoms with Gasteiger partial charge in [-0.15, -0.1) is 0 Å². The molecule has 1 saturated heterocycles. The molecule has 1 heterocycles. The molecule has 2 rings (SSSR count). The van der Waals surface area contributed by atoms with Crippen LogP contribution in [0, 0.1) is 11.2 Å². The molecular formula is C18H25FN2O4S. The third-order valence-corrected chi connectivity index (χ3v) is 6.47.